The average Bonchev–Trinajstić information content (AvgIpc) is 2.71. The van der Waals surface area contributed by atoms with E-state index in [1.54, 1.807) is 11.3 Å². The summed E-state index contributed by atoms with van der Waals surface area (Å²) in [5.74, 6) is 0. The Hall–Kier alpha value is -0.710. The highest BCUT2D eigenvalue weighted by atomic mass is 79.9. The third-order valence-corrected chi connectivity index (χ3v) is 4.83. The topological polar surface area (TPSA) is 24.9 Å². The van der Waals surface area contributed by atoms with Crippen LogP contribution in [0.1, 0.15) is 23.5 Å². The van der Waals surface area contributed by atoms with Gasteiger partial charge in [-0.1, -0.05) is 34.1 Å². The van der Waals surface area contributed by atoms with Gasteiger partial charge in [0.05, 0.1) is 5.69 Å². The van der Waals surface area contributed by atoms with Gasteiger partial charge in [-0.15, -0.1) is 11.3 Å². The number of benzene rings is 1. The van der Waals surface area contributed by atoms with E-state index >= 15 is 0 Å². The molecule has 0 saturated heterocycles. The van der Waals surface area contributed by atoms with Crippen LogP contribution in [0, 0.1) is 6.92 Å². The van der Waals surface area contributed by atoms with Crippen molar-refractivity contribution in [3.63, 3.8) is 0 Å². The second-order valence-corrected chi connectivity index (χ2v) is 5.84. The number of aromatic nitrogens is 1. The zero-order valence-corrected chi connectivity index (χ0v) is 12.5. The summed E-state index contributed by atoms with van der Waals surface area (Å²) < 4.78 is 1.09. The van der Waals surface area contributed by atoms with E-state index in [0.29, 0.717) is 6.04 Å². The van der Waals surface area contributed by atoms with Crippen LogP contribution in [0.3, 0.4) is 0 Å². The minimum atomic E-state index is 0.351. The number of hydrogen-bond acceptors (Lipinski definition) is 3. The van der Waals surface area contributed by atoms with Crippen molar-refractivity contribution < 1.29 is 0 Å². The zero-order valence-electron chi connectivity index (χ0n) is 10.1. The van der Waals surface area contributed by atoms with Gasteiger partial charge in [-0.25, -0.2) is 4.98 Å². The van der Waals surface area contributed by atoms with Crippen molar-refractivity contribution >= 4 is 27.3 Å². The fraction of sp³-hybridized carbons (Fsp3) is 0.308. The Bertz CT molecular complexity index is 522. The highest BCUT2D eigenvalue weighted by Crippen LogP contribution is 2.35. The molecule has 0 fully saturated rings. The average molecular weight is 311 g/mol. The van der Waals surface area contributed by atoms with E-state index in [1.807, 2.05) is 25.2 Å². The third-order valence-electron chi connectivity index (χ3n) is 2.76. The molecule has 0 aliphatic carbocycles. The number of nitrogens with one attached hydrogen (secondary N) is 1. The van der Waals surface area contributed by atoms with Crippen molar-refractivity contribution in [1.82, 2.24) is 10.3 Å². The van der Waals surface area contributed by atoms with Gasteiger partial charge in [0.25, 0.3) is 0 Å². The van der Waals surface area contributed by atoms with E-state index in [0.717, 1.165) is 20.7 Å². The highest BCUT2D eigenvalue weighted by molar-refractivity contribution is 9.10. The molecule has 0 saturated carbocycles. The molecule has 0 bridgehead atoms. The number of aryl methyl sites for hydroxylation is 1. The number of nitrogens with zero attached hydrogens (tertiary/aromatic N) is 1. The lowest BCUT2D eigenvalue weighted by atomic mass is 10.2. The molecule has 1 aromatic carbocycles. The lowest BCUT2D eigenvalue weighted by Crippen LogP contribution is -2.11. The van der Waals surface area contributed by atoms with Crippen LogP contribution in [0.15, 0.2) is 28.7 Å². The molecule has 4 heteroatoms. The van der Waals surface area contributed by atoms with Crippen LogP contribution in [0.4, 0.5) is 0 Å². The molecule has 1 N–H and O–H groups in total. The Kier molecular flexibility index (Phi) is 3.97. The van der Waals surface area contributed by atoms with Gasteiger partial charge in [0.1, 0.15) is 5.01 Å². The van der Waals surface area contributed by atoms with Gasteiger partial charge in [0.15, 0.2) is 0 Å². The van der Waals surface area contributed by atoms with Crippen LogP contribution >= 0.6 is 27.3 Å². The predicted octanol–water partition coefficient (Wildman–Crippen LogP) is 4.16. The zero-order chi connectivity index (χ0) is 12.4. The third kappa shape index (κ3) is 2.59. The van der Waals surface area contributed by atoms with Crippen molar-refractivity contribution in [3.05, 3.63) is 39.3 Å². The monoisotopic (exact) mass is 310 g/mol. The van der Waals surface area contributed by atoms with E-state index in [4.69, 9.17) is 0 Å². The minimum Gasteiger partial charge on any atom is -0.312 e. The van der Waals surface area contributed by atoms with Gasteiger partial charge in [-0.3, -0.25) is 0 Å². The van der Waals surface area contributed by atoms with Gasteiger partial charge in [0, 0.05) is 21.0 Å². The molecule has 17 heavy (non-hydrogen) atoms. The van der Waals surface area contributed by atoms with Gasteiger partial charge in [-0.05, 0) is 27.0 Å². The van der Waals surface area contributed by atoms with Crippen molar-refractivity contribution in [1.29, 1.82) is 0 Å². The summed E-state index contributed by atoms with van der Waals surface area (Å²) in [5, 5.41) is 4.34. The summed E-state index contributed by atoms with van der Waals surface area (Å²) >= 11 is 5.33. The number of thiazole rings is 1. The maximum absolute atomic E-state index is 4.66. The van der Waals surface area contributed by atoms with Crippen molar-refractivity contribution in [2.45, 2.75) is 19.9 Å². The Labute approximate surface area is 114 Å². The first kappa shape index (κ1) is 12.7. The first-order chi connectivity index (χ1) is 8.13. The summed E-state index contributed by atoms with van der Waals surface area (Å²) in [6, 6.07) is 8.55. The molecule has 0 radical (unpaired) electrons. The van der Waals surface area contributed by atoms with Crippen LogP contribution in [-0.4, -0.2) is 12.0 Å². The molecule has 0 spiro atoms. The predicted molar refractivity (Wildman–Crippen MR) is 77.5 cm³/mol. The molecule has 90 valence electrons. The molecule has 0 aliphatic heterocycles. The molecule has 1 unspecified atom stereocenters. The van der Waals surface area contributed by atoms with Gasteiger partial charge < -0.3 is 5.32 Å². The minimum absolute atomic E-state index is 0.351. The second-order valence-electron chi connectivity index (χ2n) is 3.96. The van der Waals surface area contributed by atoms with Gasteiger partial charge in [-0.2, -0.15) is 0 Å². The van der Waals surface area contributed by atoms with E-state index < -0.39 is 0 Å². The Morgan fingerprint density at radius 1 is 1.35 bits per heavy atom. The summed E-state index contributed by atoms with van der Waals surface area (Å²) in [5.41, 5.74) is 2.28. The standard InChI is InChI=1S/C13H15BrN2S/c1-8(15-3)12-9(2)16-13(17-12)10-6-4-5-7-11(10)14/h4-8,15H,1-3H3. The fourth-order valence-corrected chi connectivity index (χ4v) is 3.46. The first-order valence-corrected chi connectivity index (χ1v) is 7.14. The van der Waals surface area contributed by atoms with E-state index in [1.165, 1.54) is 4.88 Å². The summed E-state index contributed by atoms with van der Waals surface area (Å²) in [4.78, 5) is 5.96. The van der Waals surface area contributed by atoms with Crippen LogP contribution in [-0.2, 0) is 0 Å². The summed E-state index contributed by atoms with van der Waals surface area (Å²) in [6.45, 7) is 4.23. The van der Waals surface area contributed by atoms with Crippen molar-refractivity contribution in [2.24, 2.45) is 0 Å². The molecule has 1 atom stereocenters. The molecule has 0 amide bonds. The summed E-state index contributed by atoms with van der Waals surface area (Å²) in [7, 11) is 1.97. The van der Waals surface area contributed by atoms with Gasteiger partial charge >= 0.3 is 0 Å². The first-order valence-electron chi connectivity index (χ1n) is 5.53. The van der Waals surface area contributed by atoms with E-state index in [-0.39, 0.29) is 0 Å². The molecular formula is C13H15BrN2S. The Morgan fingerprint density at radius 2 is 2.06 bits per heavy atom. The SMILES string of the molecule is CNC(C)c1sc(-c2ccccc2Br)nc1C. The molecule has 2 rings (SSSR count). The van der Waals surface area contributed by atoms with Gasteiger partial charge in [0.2, 0.25) is 0 Å². The maximum atomic E-state index is 4.66. The lowest BCUT2D eigenvalue weighted by Gasteiger charge is -2.07. The van der Waals surface area contributed by atoms with E-state index in [2.05, 4.69) is 46.1 Å². The van der Waals surface area contributed by atoms with Crippen LogP contribution in [0.25, 0.3) is 10.6 Å². The summed E-state index contributed by atoms with van der Waals surface area (Å²) in [6.07, 6.45) is 0. The smallest absolute Gasteiger partial charge is 0.125 e. The normalized spacial score (nSPS) is 12.7. The van der Waals surface area contributed by atoms with Crippen molar-refractivity contribution in [3.8, 4) is 10.6 Å². The quantitative estimate of drug-likeness (QED) is 0.920. The van der Waals surface area contributed by atoms with Crippen LogP contribution < -0.4 is 5.32 Å². The van der Waals surface area contributed by atoms with Crippen LogP contribution in [0.2, 0.25) is 0 Å². The molecule has 2 nitrogen and oxygen atoms in total. The Morgan fingerprint density at radius 3 is 2.71 bits per heavy atom. The van der Waals surface area contributed by atoms with E-state index in [9.17, 15) is 0 Å². The van der Waals surface area contributed by atoms with Crippen LogP contribution in [0.5, 0.6) is 0 Å². The number of hydrogen-bond donors (Lipinski definition) is 1. The molecule has 1 aromatic heterocycles. The number of rotatable bonds is 3. The Balaban J connectivity index is 2.45. The molecular weight excluding hydrogens is 296 g/mol. The fourth-order valence-electron chi connectivity index (χ4n) is 1.69. The maximum Gasteiger partial charge on any atom is 0.125 e. The number of halogens is 1. The molecule has 1 heterocycles. The van der Waals surface area contributed by atoms with Crippen molar-refractivity contribution in [2.75, 3.05) is 7.05 Å². The largest absolute Gasteiger partial charge is 0.312 e. The highest BCUT2D eigenvalue weighted by Gasteiger charge is 2.14. The second kappa shape index (κ2) is 5.29. The molecule has 0 aliphatic rings. The molecule has 2 aromatic rings. The lowest BCUT2D eigenvalue weighted by molar-refractivity contribution is 0.658.